The predicted octanol–water partition coefficient (Wildman–Crippen LogP) is 0.970. The fourth-order valence-corrected chi connectivity index (χ4v) is 1.38. The first-order valence-corrected chi connectivity index (χ1v) is 5.31. The van der Waals surface area contributed by atoms with Crippen LogP contribution in [0.25, 0.3) is 11.5 Å². The van der Waals surface area contributed by atoms with Gasteiger partial charge in [0, 0.05) is 7.05 Å². The molecule has 0 atom stereocenters. The third-order valence-electron chi connectivity index (χ3n) is 2.22. The molecule has 0 aliphatic rings. The second-order valence-corrected chi connectivity index (χ2v) is 3.58. The van der Waals surface area contributed by atoms with E-state index in [2.05, 4.69) is 27.4 Å². The summed E-state index contributed by atoms with van der Waals surface area (Å²) in [7, 11) is 1.90. The maximum Gasteiger partial charge on any atom is 0.240 e. The molecule has 6 heteroatoms. The molecule has 0 aliphatic heterocycles. The van der Waals surface area contributed by atoms with Gasteiger partial charge in [0.15, 0.2) is 0 Å². The van der Waals surface area contributed by atoms with E-state index in [1.165, 1.54) is 0 Å². The highest BCUT2D eigenvalue weighted by Crippen LogP contribution is 2.13. The van der Waals surface area contributed by atoms with Gasteiger partial charge in [-0.1, -0.05) is 12.1 Å². The summed E-state index contributed by atoms with van der Waals surface area (Å²) in [5.74, 6) is 1.18. The quantitative estimate of drug-likeness (QED) is 0.762. The van der Waals surface area contributed by atoms with E-state index in [9.17, 15) is 0 Å². The Kier molecular flexibility index (Phi) is 3.31. The molecule has 0 radical (unpaired) electrons. The molecule has 2 rings (SSSR count). The summed E-state index contributed by atoms with van der Waals surface area (Å²) in [4.78, 5) is 8.29. The molecule has 6 nitrogen and oxygen atoms in total. The van der Waals surface area contributed by atoms with Crippen LogP contribution < -0.4 is 5.32 Å². The summed E-state index contributed by atoms with van der Waals surface area (Å²) >= 11 is 0. The first-order valence-electron chi connectivity index (χ1n) is 5.31. The zero-order valence-corrected chi connectivity index (χ0v) is 9.47. The van der Waals surface area contributed by atoms with Crippen molar-refractivity contribution >= 4 is 0 Å². The largest absolute Gasteiger partial charge is 0.337 e. The van der Waals surface area contributed by atoms with Gasteiger partial charge in [-0.2, -0.15) is 4.98 Å². The Balaban J connectivity index is 2.05. The lowest BCUT2D eigenvalue weighted by Crippen LogP contribution is -2.13. The van der Waals surface area contributed by atoms with Gasteiger partial charge < -0.3 is 14.4 Å². The van der Waals surface area contributed by atoms with E-state index in [-0.39, 0.29) is 0 Å². The molecule has 2 aromatic rings. The molecule has 0 fully saturated rings. The van der Waals surface area contributed by atoms with Crippen LogP contribution in [0.2, 0.25) is 0 Å². The summed E-state index contributed by atoms with van der Waals surface area (Å²) in [5, 5.41) is 7.12. The van der Waals surface area contributed by atoms with E-state index in [0.29, 0.717) is 18.3 Å². The van der Waals surface area contributed by atoms with Crippen LogP contribution in [0.4, 0.5) is 0 Å². The molecule has 86 valence electrons. The molecule has 16 heavy (non-hydrogen) atoms. The second-order valence-electron chi connectivity index (χ2n) is 3.58. The fourth-order valence-electron chi connectivity index (χ4n) is 1.38. The number of imidazole rings is 1. The van der Waals surface area contributed by atoms with Gasteiger partial charge in [-0.15, -0.1) is 0 Å². The average molecular weight is 221 g/mol. The molecular weight excluding hydrogens is 206 g/mol. The summed E-state index contributed by atoms with van der Waals surface area (Å²) in [6.45, 7) is 3.67. The van der Waals surface area contributed by atoms with Crippen molar-refractivity contribution in [2.24, 2.45) is 7.05 Å². The van der Waals surface area contributed by atoms with Crippen LogP contribution >= 0.6 is 0 Å². The molecule has 0 aromatic carbocycles. The number of nitrogens with one attached hydrogen (secondary N) is 1. The number of aromatic nitrogens is 4. The smallest absolute Gasteiger partial charge is 0.240 e. The maximum atomic E-state index is 5.13. The van der Waals surface area contributed by atoms with Crippen molar-refractivity contribution in [3.63, 3.8) is 0 Å². The zero-order valence-electron chi connectivity index (χ0n) is 9.47. The van der Waals surface area contributed by atoms with Gasteiger partial charge in [0.25, 0.3) is 0 Å². The molecule has 0 aliphatic carbocycles. The highest BCUT2D eigenvalue weighted by molar-refractivity contribution is 5.46. The van der Waals surface area contributed by atoms with Crippen molar-refractivity contribution in [2.75, 3.05) is 6.54 Å². The Labute approximate surface area is 93.7 Å². The van der Waals surface area contributed by atoms with Gasteiger partial charge in [0.1, 0.15) is 5.69 Å². The SMILES string of the molecule is CCCNCc1nc(-c2cncn2C)no1. The fraction of sp³-hybridized carbons (Fsp3) is 0.500. The number of hydrogen-bond acceptors (Lipinski definition) is 5. The van der Waals surface area contributed by atoms with Gasteiger partial charge in [-0.3, -0.25) is 0 Å². The van der Waals surface area contributed by atoms with Crippen molar-refractivity contribution in [3.8, 4) is 11.5 Å². The molecule has 1 N–H and O–H groups in total. The number of aryl methyl sites for hydroxylation is 1. The lowest BCUT2D eigenvalue weighted by molar-refractivity contribution is 0.368. The Hall–Kier alpha value is -1.69. The summed E-state index contributed by atoms with van der Waals surface area (Å²) in [6, 6.07) is 0. The number of nitrogens with zero attached hydrogens (tertiary/aromatic N) is 4. The van der Waals surface area contributed by atoms with Crippen LogP contribution in [-0.2, 0) is 13.6 Å². The summed E-state index contributed by atoms with van der Waals surface area (Å²) in [5.41, 5.74) is 0.852. The normalized spacial score (nSPS) is 10.9. The van der Waals surface area contributed by atoms with Crippen LogP contribution in [0.15, 0.2) is 17.0 Å². The van der Waals surface area contributed by atoms with E-state index in [0.717, 1.165) is 18.7 Å². The summed E-state index contributed by atoms with van der Waals surface area (Å²) < 4.78 is 6.98. The van der Waals surface area contributed by atoms with Crippen LogP contribution in [0.3, 0.4) is 0 Å². The van der Waals surface area contributed by atoms with Gasteiger partial charge in [0.2, 0.25) is 11.7 Å². The standard InChI is InChI=1S/C10H15N5O/c1-3-4-11-6-9-13-10(14-16-9)8-5-12-7-15(8)2/h5,7,11H,3-4,6H2,1-2H3. The van der Waals surface area contributed by atoms with Crippen LogP contribution in [0.1, 0.15) is 19.2 Å². The molecule has 0 saturated carbocycles. The molecule has 0 saturated heterocycles. The van der Waals surface area contributed by atoms with E-state index >= 15 is 0 Å². The van der Waals surface area contributed by atoms with Crippen molar-refractivity contribution in [3.05, 3.63) is 18.4 Å². The van der Waals surface area contributed by atoms with Crippen molar-refractivity contribution in [1.82, 2.24) is 25.0 Å². The number of hydrogen-bond donors (Lipinski definition) is 1. The van der Waals surface area contributed by atoms with Gasteiger partial charge >= 0.3 is 0 Å². The number of rotatable bonds is 5. The van der Waals surface area contributed by atoms with Crippen LogP contribution in [0.5, 0.6) is 0 Å². The Bertz CT molecular complexity index is 448. The van der Waals surface area contributed by atoms with Crippen molar-refractivity contribution in [1.29, 1.82) is 0 Å². The second kappa shape index (κ2) is 4.89. The zero-order chi connectivity index (χ0) is 11.4. The van der Waals surface area contributed by atoms with E-state index in [4.69, 9.17) is 4.52 Å². The highest BCUT2D eigenvalue weighted by Gasteiger charge is 2.10. The molecule has 2 aromatic heterocycles. The first-order chi connectivity index (χ1) is 7.81. The minimum atomic E-state index is 0.577. The Morgan fingerprint density at radius 3 is 3.06 bits per heavy atom. The van der Waals surface area contributed by atoms with E-state index in [1.807, 2.05) is 11.6 Å². The van der Waals surface area contributed by atoms with Gasteiger partial charge in [-0.25, -0.2) is 4.98 Å². The third-order valence-corrected chi connectivity index (χ3v) is 2.22. The third kappa shape index (κ3) is 2.27. The minimum Gasteiger partial charge on any atom is -0.337 e. The van der Waals surface area contributed by atoms with Crippen LogP contribution in [-0.4, -0.2) is 26.2 Å². The minimum absolute atomic E-state index is 0.577. The summed E-state index contributed by atoms with van der Waals surface area (Å²) in [6.07, 6.45) is 4.51. The monoisotopic (exact) mass is 221 g/mol. The Morgan fingerprint density at radius 2 is 2.38 bits per heavy atom. The topological polar surface area (TPSA) is 68.8 Å². The lowest BCUT2D eigenvalue weighted by Gasteiger charge is -1.96. The van der Waals surface area contributed by atoms with Crippen molar-refractivity contribution < 1.29 is 4.52 Å². The maximum absolute atomic E-state index is 5.13. The first kappa shape index (κ1) is 10.8. The Morgan fingerprint density at radius 1 is 1.50 bits per heavy atom. The van der Waals surface area contributed by atoms with Gasteiger partial charge in [0.05, 0.1) is 19.1 Å². The average Bonchev–Trinajstić information content (AvgIpc) is 2.87. The molecule has 0 spiro atoms. The lowest BCUT2D eigenvalue weighted by atomic mass is 10.4. The molecule has 0 unspecified atom stereocenters. The van der Waals surface area contributed by atoms with E-state index < -0.39 is 0 Å². The molecular formula is C10H15N5O. The van der Waals surface area contributed by atoms with E-state index in [1.54, 1.807) is 12.5 Å². The molecule has 2 heterocycles. The van der Waals surface area contributed by atoms with Gasteiger partial charge in [-0.05, 0) is 13.0 Å². The highest BCUT2D eigenvalue weighted by atomic mass is 16.5. The molecule has 0 amide bonds. The molecule has 0 bridgehead atoms. The van der Waals surface area contributed by atoms with Crippen molar-refractivity contribution in [2.45, 2.75) is 19.9 Å². The van der Waals surface area contributed by atoms with Crippen LogP contribution in [0, 0.1) is 0 Å². The predicted molar refractivity (Wildman–Crippen MR) is 58.5 cm³/mol.